The van der Waals surface area contributed by atoms with Gasteiger partial charge in [-0.05, 0) is 31.9 Å². The molecule has 0 aliphatic carbocycles. The van der Waals surface area contributed by atoms with E-state index >= 15 is 0 Å². The van der Waals surface area contributed by atoms with Crippen molar-refractivity contribution < 1.29 is 9.18 Å². The zero-order valence-electron chi connectivity index (χ0n) is 13.4. The number of aromatic nitrogens is 2. The number of halogens is 1. The van der Waals surface area contributed by atoms with Gasteiger partial charge in [-0.25, -0.2) is 14.4 Å². The summed E-state index contributed by atoms with van der Waals surface area (Å²) in [5.74, 6) is 0.140. The van der Waals surface area contributed by atoms with Gasteiger partial charge in [0.2, 0.25) is 5.95 Å². The average Bonchev–Trinajstić information content (AvgIpc) is 2.58. The van der Waals surface area contributed by atoms with E-state index in [2.05, 4.69) is 15.3 Å². The van der Waals surface area contributed by atoms with Gasteiger partial charge in [0, 0.05) is 32.0 Å². The molecule has 1 N–H and O–H groups in total. The highest BCUT2D eigenvalue weighted by Gasteiger charge is 2.13. The van der Waals surface area contributed by atoms with Gasteiger partial charge in [-0.15, -0.1) is 0 Å². The average molecular weight is 316 g/mol. The Morgan fingerprint density at radius 2 is 1.83 bits per heavy atom. The van der Waals surface area contributed by atoms with Gasteiger partial charge in [0.15, 0.2) is 0 Å². The fourth-order valence-electron chi connectivity index (χ4n) is 2.23. The smallest absolute Gasteiger partial charge is 0.256 e. The third kappa shape index (κ3) is 4.48. The standard InChI is InChI=1S/C17H21FN4O/c1-3-22(4-2)16(23)14-11-20-17(21-12-14)19-10-9-13-7-5-6-8-15(13)18/h5-8,11-12H,3-4,9-10H2,1-2H3,(H,19,20,21). The molecular formula is C17H21FN4O. The predicted molar refractivity (Wildman–Crippen MR) is 87.9 cm³/mol. The summed E-state index contributed by atoms with van der Waals surface area (Å²) in [5.41, 5.74) is 1.11. The molecule has 1 amide bonds. The molecule has 0 saturated heterocycles. The molecule has 0 unspecified atom stereocenters. The van der Waals surface area contributed by atoms with E-state index in [1.54, 1.807) is 17.0 Å². The SMILES string of the molecule is CCN(CC)C(=O)c1cnc(NCCc2ccccc2F)nc1. The lowest BCUT2D eigenvalue weighted by Gasteiger charge is -2.18. The minimum absolute atomic E-state index is 0.0760. The van der Waals surface area contributed by atoms with Crippen LogP contribution in [-0.2, 0) is 6.42 Å². The minimum Gasteiger partial charge on any atom is -0.354 e. The first-order valence-electron chi connectivity index (χ1n) is 7.74. The third-order valence-corrected chi connectivity index (χ3v) is 3.58. The van der Waals surface area contributed by atoms with E-state index < -0.39 is 0 Å². The van der Waals surface area contributed by atoms with Gasteiger partial charge < -0.3 is 10.2 Å². The quantitative estimate of drug-likeness (QED) is 0.853. The normalized spacial score (nSPS) is 10.4. The van der Waals surface area contributed by atoms with Crippen LogP contribution in [0.3, 0.4) is 0 Å². The number of nitrogens with zero attached hydrogens (tertiary/aromatic N) is 3. The van der Waals surface area contributed by atoms with Crippen LogP contribution < -0.4 is 5.32 Å². The van der Waals surface area contributed by atoms with Crippen LogP contribution in [0.15, 0.2) is 36.7 Å². The second kappa shape index (κ2) is 8.22. The summed E-state index contributed by atoms with van der Waals surface area (Å²) < 4.78 is 13.5. The Morgan fingerprint density at radius 1 is 1.17 bits per heavy atom. The predicted octanol–water partition coefficient (Wildman–Crippen LogP) is 2.75. The van der Waals surface area contributed by atoms with Crippen molar-refractivity contribution in [1.29, 1.82) is 0 Å². The minimum atomic E-state index is -0.213. The molecule has 0 fully saturated rings. The molecule has 0 atom stereocenters. The molecule has 1 aromatic heterocycles. The van der Waals surface area contributed by atoms with Crippen LogP contribution in [0, 0.1) is 5.82 Å². The molecule has 6 heteroatoms. The molecule has 2 rings (SSSR count). The van der Waals surface area contributed by atoms with Crippen molar-refractivity contribution >= 4 is 11.9 Å². The van der Waals surface area contributed by atoms with Gasteiger partial charge in [0.1, 0.15) is 5.82 Å². The van der Waals surface area contributed by atoms with Crippen LogP contribution in [0.2, 0.25) is 0 Å². The van der Waals surface area contributed by atoms with E-state index in [1.807, 2.05) is 19.9 Å². The monoisotopic (exact) mass is 316 g/mol. The fourth-order valence-corrected chi connectivity index (χ4v) is 2.23. The molecule has 0 aliphatic rings. The summed E-state index contributed by atoms with van der Waals surface area (Å²) in [4.78, 5) is 22.1. The first-order valence-corrected chi connectivity index (χ1v) is 7.74. The number of nitrogens with one attached hydrogen (secondary N) is 1. The van der Waals surface area contributed by atoms with Crippen molar-refractivity contribution in [3.05, 3.63) is 53.6 Å². The number of carbonyl (C=O) groups excluding carboxylic acids is 1. The molecule has 2 aromatic rings. The number of rotatable bonds is 7. The van der Waals surface area contributed by atoms with Crippen LogP contribution in [0.25, 0.3) is 0 Å². The summed E-state index contributed by atoms with van der Waals surface area (Å²) in [6, 6.07) is 6.67. The molecule has 0 spiro atoms. The van der Waals surface area contributed by atoms with Crippen molar-refractivity contribution in [2.75, 3.05) is 25.0 Å². The summed E-state index contributed by atoms with van der Waals surface area (Å²) >= 11 is 0. The third-order valence-electron chi connectivity index (χ3n) is 3.58. The van der Waals surface area contributed by atoms with Crippen LogP contribution in [0.5, 0.6) is 0 Å². The highest BCUT2D eigenvalue weighted by molar-refractivity contribution is 5.93. The van der Waals surface area contributed by atoms with E-state index in [0.29, 0.717) is 43.1 Å². The molecular weight excluding hydrogens is 295 g/mol. The lowest BCUT2D eigenvalue weighted by molar-refractivity contribution is 0.0772. The van der Waals surface area contributed by atoms with Gasteiger partial charge in [0.25, 0.3) is 5.91 Å². The van der Waals surface area contributed by atoms with E-state index in [1.165, 1.54) is 18.5 Å². The van der Waals surface area contributed by atoms with Crippen molar-refractivity contribution in [2.24, 2.45) is 0 Å². The first kappa shape index (κ1) is 16.9. The van der Waals surface area contributed by atoms with Gasteiger partial charge >= 0.3 is 0 Å². The van der Waals surface area contributed by atoms with Crippen molar-refractivity contribution in [2.45, 2.75) is 20.3 Å². The Balaban J connectivity index is 1.90. The Morgan fingerprint density at radius 3 is 2.43 bits per heavy atom. The highest BCUT2D eigenvalue weighted by Crippen LogP contribution is 2.08. The maximum absolute atomic E-state index is 13.5. The van der Waals surface area contributed by atoms with E-state index in [9.17, 15) is 9.18 Å². The largest absolute Gasteiger partial charge is 0.354 e. The van der Waals surface area contributed by atoms with Crippen molar-refractivity contribution in [3.63, 3.8) is 0 Å². The number of amides is 1. The van der Waals surface area contributed by atoms with E-state index in [-0.39, 0.29) is 11.7 Å². The first-order chi connectivity index (χ1) is 11.2. The summed E-state index contributed by atoms with van der Waals surface area (Å²) in [7, 11) is 0. The lowest BCUT2D eigenvalue weighted by atomic mass is 10.1. The topological polar surface area (TPSA) is 58.1 Å². The number of anilines is 1. The lowest BCUT2D eigenvalue weighted by Crippen LogP contribution is -2.30. The van der Waals surface area contributed by atoms with E-state index in [0.717, 1.165) is 0 Å². The second-order valence-corrected chi connectivity index (χ2v) is 5.04. The Hall–Kier alpha value is -2.50. The van der Waals surface area contributed by atoms with Gasteiger partial charge in [0.05, 0.1) is 5.56 Å². The molecule has 0 bridgehead atoms. The van der Waals surface area contributed by atoms with Crippen LogP contribution >= 0.6 is 0 Å². The Labute approximate surface area is 135 Å². The molecule has 1 heterocycles. The zero-order valence-corrected chi connectivity index (χ0v) is 13.4. The number of carbonyl (C=O) groups is 1. The fraction of sp³-hybridized carbons (Fsp3) is 0.353. The van der Waals surface area contributed by atoms with Crippen molar-refractivity contribution in [3.8, 4) is 0 Å². The van der Waals surface area contributed by atoms with Gasteiger partial charge in [-0.1, -0.05) is 18.2 Å². The van der Waals surface area contributed by atoms with Crippen molar-refractivity contribution in [1.82, 2.24) is 14.9 Å². The molecule has 122 valence electrons. The molecule has 1 aromatic carbocycles. The number of hydrogen-bond acceptors (Lipinski definition) is 4. The number of hydrogen-bond donors (Lipinski definition) is 1. The molecule has 0 saturated carbocycles. The highest BCUT2D eigenvalue weighted by atomic mass is 19.1. The second-order valence-electron chi connectivity index (χ2n) is 5.04. The summed E-state index contributed by atoms with van der Waals surface area (Å²) in [6.45, 7) is 5.68. The van der Waals surface area contributed by atoms with Crippen LogP contribution in [-0.4, -0.2) is 40.4 Å². The molecule has 5 nitrogen and oxygen atoms in total. The van der Waals surface area contributed by atoms with E-state index in [4.69, 9.17) is 0 Å². The van der Waals surface area contributed by atoms with Crippen LogP contribution in [0.1, 0.15) is 29.8 Å². The Bertz CT molecular complexity index is 641. The molecule has 0 aliphatic heterocycles. The maximum Gasteiger partial charge on any atom is 0.256 e. The number of benzene rings is 1. The molecule has 23 heavy (non-hydrogen) atoms. The van der Waals surface area contributed by atoms with Gasteiger partial charge in [-0.3, -0.25) is 4.79 Å². The summed E-state index contributed by atoms with van der Waals surface area (Å²) in [5, 5.41) is 3.03. The molecule has 0 radical (unpaired) electrons. The maximum atomic E-state index is 13.5. The summed E-state index contributed by atoms with van der Waals surface area (Å²) in [6.07, 6.45) is 3.56. The van der Waals surface area contributed by atoms with Gasteiger partial charge in [-0.2, -0.15) is 0 Å². The zero-order chi connectivity index (χ0) is 16.7. The Kier molecular flexibility index (Phi) is 6.02. The van der Waals surface area contributed by atoms with Crippen LogP contribution in [0.4, 0.5) is 10.3 Å².